The van der Waals surface area contributed by atoms with E-state index in [0.717, 1.165) is 29.9 Å². The van der Waals surface area contributed by atoms with Gasteiger partial charge < -0.3 is 13.7 Å². The fourth-order valence-corrected chi connectivity index (χ4v) is 5.04. The van der Waals surface area contributed by atoms with Crippen molar-refractivity contribution in [3.63, 3.8) is 0 Å². The van der Waals surface area contributed by atoms with Crippen LogP contribution >= 0.6 is 0 Å². The van der Waals surface area contributed by atoms with Crippen molar-refractivity contribution in [2.24, 2.45) is 7.05 Å². The van der Waals surface area contributed by atoms with E-state index in [2.05, 4.69) is 9.97 Å². The van der Waals surface area contributed by atoms with Gasteiger partial charge in [0.05, 0.1) is 19.6 Å². The summed E-state index contributed by atoms with van der Waals surface area (Å²) in [5, 5.41) is 0.0771. The Bertz CT molecular complexity index is 1070. The minimum absolute atomic E-state index is 0.0631. The summed E-state index contributed by atoms with van der Waals surface area (Å²) >= 11 is 0. The maximum absolute atomic E-state index is 12.9. The number of hydrogen-bond donors (Lipinski definition) is 0. The molecule has 0 N–H and O–H groups in total. The lowest BCUT2D eigenvalue weighted by atomic mass is 10.00. The number of hydrogen-bond acceptors (Lipinski definition) is 6. The van der Waals surface area contributed by atoms with Crippen molar-refractivity contribution in [2.75, 3.05) is 20.2 Å². The van der Waals surface area contributed by atoms with Crippen LogP contribution in [-0.2, 0) is 23.5 Å². The Labute approximate surface area is 170 Å². The molecule has 3 aromatic rings. The van der Waals surface area contributed by atoms with E-state index in [0.29, 0.717) is 25.4 Å². The van der Waals surface area contributed by atoms with Crippen LogP contribution in [0.15, 0.2) is 52.4 Å². The molecule has 1 aromatic carbocycles. The highest BCUT2D eigenvalue weighted by Crippen LogP contribution is 2.30. The van der Waals surface area contributed by atoms with Gasteiger partial charge in [-0.15, -0.1) is 0 Å². The van der Waals surface area contributed by atoms with Gasteiger partial charge >= 0.3 is 0 Å². The molecule has 1 aliphatic rings. The van der Waals surface area contributed by atoms with Crippen molar-refractivity contribution in [1.29, 1.82) is 0 Å². The van der Waals surface area contributed by atoms with Gasteiger partial charge in [-0.25, -0.2) is 18.4 Å². The van der Waals surface area contributed by atoms with Crippen LogP contribution in [0.1, 0.15) is 36.0 Å². The summed E-state index contributed by atoms with van der Waals surface area (Å²) in [7, 11) is -0.220. The number of aryl methyl sites for hydroxylation is 1. The van der Waals surface area contributed by atoms with Gasteiger partial charge in [0.25, 0.3) is 10.0 Å². The Kier molecular flexibility index (Phi) is 5.42. The first-order chi connectivity index (χ1) is 14.0. The summed E-state index contributed by atoms with van der Waals surface area (Å²) in [5.41, 5.74) is 1.09. The van der Waals surface area contributed by atoms with Crippen molar-refractivity contribution < 1.29 is 17.6 Å². The summed E-state index contributed by atoms with van der Waals surface area (Å²) in [6, 6.07) is 7.80. The van der Waals surface area contributed by atoms with Crippen LogP contribution in [0.2, 0.25) is 0 Å². The molecule has 1 aliphatic heterocycles. The van der Waals surface area contributed by atoms with Crippen LogP contribution in [-0.4, -0.2) is 47.5 Å². The Morgan fingerprint density at radius 3 is 2.72 bits per heavy atom. The molecule has 4 rings (SSSR count). The SMILES string of the molecule is COc1ccc(Cc2cnc(C3CCCN(S(=O)(=O)c4cn(C)cn4)C3)o2)cc1. The second-order valence-electron chi connectivity index (χ2n) is 7.27. The lowest BCUT2D eigenvalue weighted by Gasteiger charge is -2.29. The van der Waals surface area contributed by atoms with Gasteiger partial charge in [0.15, 0.2) is 10.9 Å². The smallest absolute Gasteiger partial charge is 0.262 e. The Balaban J connectivity index is 1.46. The van der Waals surface area contributed by atoms with Gasteiger partial charge in [-0.1, -0.05) is 12.1 Å². The maximum Gasteiger partial charge on any atom is 0.262 e. The predicted molar refractivity (Wildman–Crippen MR) is 106 cm³/mol. The van der Waals surface area contributed by atoms with Gasteiger partial charge in [0.1, 0.15) is 11.5 Å². The third-order valence-corrected chi connectivity index (χ3v) is 6.88. The van der Waals surface area contributed by atoms with Crippen LogP contribution in [0.3, 0.4) is 0 Å². The number of methoxy groups -OCH3 is 1. The van der Waals surface area contributed by atoms with E-state index in [9.17, 15) is 8.42 Å². The Morgan fingerprint density at radius 1 is 1.24 bits per heavy atom. The first-order valence-corrected chi connectivity index (χ1v) is 11.0. The molecule has 2 aromatic heterocycles. The number of ether oxygens (including phenoxy) is 1. The summed E-state index contributed by atoms with van der Waals surface area (Å²) in [4.78, 5) is 8.44. The topological polar surface area (TPSA) is 90.5 Å². The third kappa shape index (κ3) is 4.20. The second kappa shape index (κ2) is 8.00. The van der Waals surface area contributed by atoms with E-state index in [1.807, 2.05) is 24.3 Å². The number of oxazole rings is 1. The molecule has 3 heterocycles. The molecule has 0 radical (unpaired) electrons. The van der Waals surface area contributed by atoms with Crippen LogP contribution < -0.4 is 4.74 Å². The number of sulfonamides is 1. The van der Waals surface area contributed by atoms with Gasteiger partial charge in [0.2, 0.25) is 0 Å². The molecule has 154 valence electrons. The van der Waals surface area contributed by atoms with E-state index in [4.69, 9.17) is 9.15 Å². The van der Waals surface area contributed by atoms with Crippen LogP contribution in [0.4, 0.5) is 0 Å². The lowest BCUT2D eigenvalue weighted by molar-refractivity contribution is 0.281. The van der Waals surface area contributed by atoms with Crippen molar-refractivity contribution in [1.82, 2.24) is 18.8 Å². The molecular weight excluding hydrogens is 392 g/mol. The van der Waals surface area contributed by atoms with Gasteiger partial charge in [-0.05, 0) is 30.5 Å². The molecule has 29 heavy (non-hydrogen) atoms. The molecule has 9 heteroatoms. The van der Waals surface area contributed by atoms with Crippen molar-refractivity contribution in [2.45, 2.75) is 30.2 Å². The van der Waals surface area contributed by atoms with Crippen LogP contribution in [0, 0.1) is 0 Å². The molecule has 1 saturated heterocycles. The number of benzene rings is 1. The first kappa shape index (κ1) is 19.7. The van der Waals surface area contributed by atoms with E-state index in [1.165, 1.54) is 16.8 Å². The predicted octanol–water partition coefficient (Wildman–Crippen LogP) is 2.58. The normalized spacial score (nSPS) is 18.1. The minimum Gasteiger partial charge on any atom is -0.497 e. The summed E-state index contributed by atoms with van der Waals surface area (Å²) < 4.78 is 40.0. The Morgan fingerprint density at radius 2 is 2.03 bits per heavy atom. The van der Waals surface area contributed by atoms with Crippen LogP contribution in [0.25, 0.3) is 0 Å². The third-order valence-electron chi connectivity index (χ3n) is 5.13. The molecule has 1 atom stereocenters. The molecule has 0 amide bonds. The second-order valence-corrected chi connectivity index (χ2v) is 9.15. The number of aromatic nitrogens is 3. The maximum atomic E-state index is 12.9. The molecule has 0 saturated carbocycles. The standard InChI is InChI=1S/C20H24N4O4S/c1-23-13-19(22-14-23)29(25,26)24-9-3-4-16(12-24)20-21-11-18(28-20)10-15-5-7-17(27-2)8-6-15/h5-8,11,13-14,16H,3-4,9-10,12H2,1-2H3. The van der Waals surface area contributed by atoms with Crippen molar-refractivity contribution in [3.8, 4) is 5.75 Å². The monoisotopic (exact) mass is 416 g/mol. The molecular formula is C20H24N4O4S. The highest BCUT2D eigenvalue weighted by molar-refractivity contribution is 7.89. The highest BCUT2D eigenvalue weighted by atomic mass is 32.2. The number of nitrogens with zero attached hydrogens (tertiary/aromatic N) is 4. The fourth-order valence-electron chi connectivity index (χ4n) is 3.55. The molecule has 0 aliphatic carbocycles. The summed E-state index contributed by atoms with van der Waals surface area (Å²) in [6.07, 6.45) is 6.97. The van der Waals surface area contributed by atoms with Gasteiger partial charge in [-0.3, -0.25) is 0 Å². The molecule has 1 unspecified atom stereocenters. The van der Waals surface area contributed by atoms with Crippen LogP contribution in [0.5, 0.6) is 5.75 Å². The van der Waals surface area contributed by atoms with Crippen molar-refractivity contribution in [3.05, 3.63) is 60.2 Å². The number of piperidine rings is 1. The fraction of sp³-hybridized carbons (Fsp3) is 0.400. The quantitative estimate of drug-likeness (QED) is 0.613. The highest BCUT2D eigenvalue weighted by Gasteiger charge is 2.34. The van der Waals surface area contributed by atoms with E-state index in [1.54, 1.807) is 24.9 Å². The molecule has 0 bridgehead atoms. The molecule has 0 spiro atoms. The van der Waals surface area contributed by atoms with E-state index in [-0.39, 0.29) is 10.9 Å². The zero-order valence-electron chi connectivity index (χ0n) is 16.5. The number of imidazole rings is 1. The van der Waals surface area contributed by atoms with E-state index >= 15 is 0 Å². The van der Waals surface area contributed by atoms with Gasteiger partial charge in [-0.2, -0.15) is 4.31 Å². The zero-order chi connectivity index (χ0) is 20.4. The van der Waals surface area contributed by atoms with Crippen molar-refractivity contribution >= 4 is 10.0 Å². The number of rotatable bonds is 6. The largest absolute Gasteiger partial charge is 0.497 e. The molecule has 8 nitrogen and oxygen atoms in total. The van der Waals surface area contributed by atoms with E-state index < -0.39 is 10.0 Å². The first-order valence-electron chi connectivity index (χ1n) is 9.51. The Hall–Kier alpha value is -2.65. The van der Waals surface area contributed by atoms with Gasteiger partial charge in [0, 0.05) is 38.7 Å². The molecule has 1 fully saturated rings. The average Bonchev–Trinajstić information content (AvgIpc) is 3.38. The summed E-state index contributed by atoms with van der Waals surface area (Å²) in [6.45, 7) is 0.830. The minimum atomic E-state index is -3.61. The summed E-state index contributed by atoms with van der Waals surface area (Å²) in [5.74, 6) is 2.10. The average molecular weight is 417 g/mol. The zero-order valence-corrected chi connectivity index (χ0v) is 17.3. The lowest BCUT2D eigenvalue weighted by Crippen LogP contribution is -2.39.